The van der Waals surface area contributed by atoms with Gasteiger partial charge >= 0.3 is 0 Å². The Hall–Kier alpha value is -4.82. The van der Waals surface area contributed by atoms with Crippen molar-refractivity contribution in [2.75, 3.05) is 9.80 Å². The van der Waals surface area contributed by atoms with E-state index in [1.54, 1.807) is 11.1 Å². The number of fused-ring (bicyclic) bond motifs is 3. The van der Waals surface area contributed by atoms with E-state index in [9.17, 15) is 0 Å². The molecule has 0 aromatic heterocycles. The standard InChI is InChI=1S/C64H74N2SSi2/c1-62(2,3)46-14-19-50(20-15-46)65(52-23-28-56(29-24-52)68(7,8)9)54-18-13-44-40-61-58(39-45(44)38-54)64(48-34-42-33-43(36-48)37-49(64)35-42)59-41-55(27-32-60(59)67-61)66(51-21-16-47(17-22-51)63(4,5)6)53-25-30-57(31-26-53)69(10,11)12/h13-32,38-43,48-49H,33-37H2,1-12H3. The van der Waals surface area contributed by atoms with Crippen LogP contribution in [0.3, 0.4) is 0 Å². The summed E-state index contributed by atoms with van der Waals surface area (Å²) < 4.78 is 0. The van der Waals surface area contributed by atoms with Crippen molar-refractivity contribution in [3.8, 4) is 0 Å². The van der Waals surface area contributed by atoms with Gasteiger partial charge in [0.2, 0.25) is 0 Å². The quantitative estimate of drug-likeness (QED) is 0.140. The maximum atomic E-state index is 2.69. The highest BCUT2D eigenvalue weighted by molar-refractivity contribution is 7.99. The molecule has 4 aliphatic carbocycles. The molecule has 5 aliphatic rings. The first-order valence-electron chi connectivity index (χ1n) is 26.1. The van der Waals surface area contributed by atoms with Gasteiger partial charge in [0, 0.05) is 49.3 Å². The van der Waals surface area contributed by atoms with Crippen molar-refractivity contribution >= 4 is 83.2 Å². The Balaban J connectivity index is 1.07. The van der Waals surface area contributed by atoms with Crippen LogP contribution in [0, 0.1) is 23.7 Å². The highest BCUT2D eigenvalue weighted by Gasteiger charge is 2.61. The summed E-state index contributed by atoms with van der Waals surface area (Å²) in [6.45, 7) is 28.5. The zero-order chi connectivity index (χ0) is 48.4. The number of anilines is 6. The lowest BCUT2D eigenvalue weighted by Gasteiger charge is -2.63. The highest BCUT2D eigenvalue weighted by Crippen LogP contribution is 2.69. The molecule has 0 radical (unpaired) electrons. The second kappa shape index (κ2) is 16.6. The molecule has 1 aliphatic heterocycles. The highest BCUT2D eigenvalue weighted by atomic mass is 32.2. The molecule has 4 bridgehead atoms. The molecule has 0 unspecified atom stereocenters. The zero-order valence-electron chi connectivity index (χ0n) is 43.5. The van der Waals surface area contributed by atoms with Crippen molar-refractivity contribution in [1.29, 1.82) is 0 Å². The van der Waals surface area contributed by atoms with E-state index >= 15 is 0 Å². The van der Waals surface area contributed by atoms with E-state index in [0.29, 0.717) is 11.8 Å². The van der Waals surface area contributed by atoms with E-state index < -0.39 is 16.1 Å². The van der Waals surface area contributed by atoms with Crippen LogP contribution >= 0.6 is 11.8 Å². The molecule has 0 N–H and O–H groups in total. The molecular formula is C64H74N2SSi2. The van der Waals surface area contributed by atoms with Gasteiger partial charge in [0.25, 0.3) is 0 Å². The number of rotatable bonds is 8. The second-order valence-electron chi connectivity index (χ2n) is 25.7. The van der Waals surface area contributed by atoms with Crippen LogP contribution in [0.2, 0.25) is 39.3 Å². The largest absolute Gasteiger partial charge is 0.310 e. The molecule has 354 valence electrons. The number of hydrogen-bond donors (Lipinski definition) is 0. The van der Waals surface area contributed by atoms with Crippen molar-refractivity contribution in [2.45, 2.75) is 139 Å². The lowest BCUT2D eigenvalue weighted by Crippen LogP contribution is -2.57. The van der Waals surface area contributed by atoms with Crippen LogP contribution in [-0.2, 0) is 16.2 Å². The van der Waals surface area contributed by atoms with E-state index in [1.165, 1.54) is 108 Å². The van der Waals surface area contributed by atoms with Gasteiger partial charge in [0.05, 0.1) is 16.1 Å². The van der Waals surface area contributed by atoms with Gasteiger partial charge in [0.1, 0.15) is 0 Å². The van der Waals surface area contributed by atoms with E-state index in [2.05, 4.69) is 236 Å². The van der Waals surface area contributed by atoms with Crippen LogP contribution in [0.4, 0.5) is 34.1 Å². The SMILES string of the molecule is CC(C)(C)c1ccc(N(c2ccc([Si](C)(C)C)cc2)c2ccc3c(c2)C2(c4cc5cc(N(c6ccc(C(C)(C)C)cc6)c6ccc([Si](C)(C)C)cc6)ccc5cc4S3)C3CC4CC(C3)CC2C4)cc1. The average molecular weight is 960 g/mol. The smallest absolute Gasteiger partial charge is 0.0775 e. The topological polar surface area (TPSA) is 6.48 Å². The van der Waals surface area contributed by atoms with Gasteiger partial charge in [-0.15, -0.1) is 0 Å². The van der Waals surface area contributed by atoms with Crippen LogP contribution < -0.4 is 20.2 Å². The molecule has 4 fully saturated rings. The molecule has 1 spiro atoms. The van der Waals surface area contributed by atoms with Crippen LogP contribution in [0.15, 0.2) is 155 Å². The van der Waals surface area contributed by atoms with Crippen LogP contribution in [0.1, 0.15) is 95.9 Å². The molecule has 0 amide bonds. The molecule has 2 nitrogen and oxygen atoms in total. The molecule has 7 aromatic carbocycles. The zero-order valence-corrected chi connectivity index (χ0v) is 46.3. The summed E-state index contributed by atoms with van der Waals surface area (Å²) in [6.07, 6.45) is 6.83. The van der Waals surface area contributed by atoms with Gasteiger partial charge in [-0.05, 0) is 191 Å². The van der Waals surface area contributed by atoms with Crippen LogP contribution in [0.5, 0.6) is 0 Å². The minimum absolute atomic E-state index is 0.0256. The van der Waals surface area contributed by atoms with Crippen LogP contribution in [0.25, 0.3) is 10.8 Å². The Labute approximate surface area is 421 Å². The number of benzene rings is 7. The van der Waals surface area contributed by atoms with E-state index in [1.807, 2.05) is 11.8 Å². The third kappa shape index (κ3) is 8.26. The van der Waals surface area contributed by atoms with Crippen molar-refractivity contribution in [2.24, 2.45) is 23.7 Å². The monoisotopic (exact) mass is 959 g/mol. The van der Waals surface area contributed by atoms with Gasteiger partial charge in [-0.3, -0.25) is 0 Å². The maximum absolute atomic E-state index is 2.69. The summed E-state index contributed by atoms with van der Waals surface area (Å²) in [5.74, 6) is 3.01. The third-order valence-corrected chi connectivity index (χ3v) is 22.2. The Bertz CT molecular complexity index is 2910. The molecule has 0 atom stereocenters. The summed E-state index contributed by atoms with van der Waals surface area (Å²) in [7, 11) is -2.95. The molecule has 0 saturated heterocycles. The minimum Gasteiger partial charge on any atom is -0.310 e. The molecule has 5 heteroatoms. The fourth-order valence-corrected chi connectivity index (χ4v) is 16.9. The van der Waals surface area contributed by atoms with Gasteiger partial charge in [0.15, 0.2) is 0 Å². The van der Waals surface area contributed by atoms with Gasteiger partial charge < -0.3 is 9.80 Å². The third-order valence-electron chi connectivity index (χ3n) is 16.9. The maximum Gasteiger partial charge on any atom is 0.0775 e. The lowest BCUT2D eigenvalue weighted by molar-refractivity contribution is -0.0443. The first-order chi connectivity index (χ1) is 32.6. The van der Waals surface area contributed by atoms with E-state index in [4.69, 9.17) is 0 Å². The van der Waals surface area contributed by atoms with E-state index in [-0.39, 0.29) is 16.2 Å². The molecule has 12 rings (SSSR count). The summed E-state index contributed by atoms with van der Waals surface area (Å²) >= 11 is 2.03. The normalized spacial score (nSPS) is 21.9. The Morgan fingerprint density at radius 3 is 1.23 bits per heavy atom. The second-order valence-corrected chi connectivity index (χ2v) is 36.9. The minimum atomic E-state index is -1.48. The molecular weight excluding hydrogens is 885 g/mol. The Morgan fingerprint density at radius 2 is 0.797 bits per heavy atom. The fourth-order valence-electron chi connectivity index (χ4n) is 13.3. The van der Waals surface area contributed by atoms with Crippen molar-refractivity contribution in [3.63, 3.8) is 0 Å². The van der Waals surface area contributed by atoms with Crippen molar-refractivity contribution in [1.82, 2.24) is 0 Å². The number of hydrogen-bond acceptors (Lipinski definition) is 3. The summed E-state index contributed by atoms with van der Waals surface area (Å²) in [4.78, 5) is 7.97. The molecule has 4 saturated carbocycles. The lowest BCUT2D eigenvalue weighted by atomic mass is 9.42. The van der Waals surface area contributed by atoms with Gasteiger partial charge in [-0.2, -0.15) is 0 Å². The van der Waals surface area contributed by atoms with Crippen LogP contribution in [-0.4, -0.2) is 16.1 Å². The van der Waals surface area contributed by atoms with Gasteiger partial charge in [-0.25, -0.2) is 0 Å². The summed E-state index contributed by atoms with van der Waals surface area (Å²) in [6, 6.07) is 58.0. The Morgan fingerprint density at radius 1 is 0.406 bits per heavy atom. The molecule has 7 aromatic rings. The van der Waals surface area contributed by atoms with Crippen molar-refractivity contribution < 1.29 is 0 Å². The predicted octanol–water partition coefficient (Wildman–Crippen LogP) is 17.7. The predicted molar refractivity (Wildman–Crippen MR) is 305 cm³/mol. The average Bonchev–Trinajstić information content (AvgIpc) is 3.29. The van der Waals surface area contributed by atoms with Crippen molar-refractivity contribution in [3.05, 3.63) is 168 Å². The summed E-state index contributed by atoms with van der Waals surface area (Å²) in [5.41, 5.74) is 13.4. The van der Waals surface area contributed by atoms with Gasteiger partial charge in [-0.1, -0.05) is 158 Å². The molecule has 69 heavy (non-hydrogen) atoms. The Kier molecular flexibility index (Phi) is 11.2. The first kappa shape index (κ1) is 46.6. The fraction of sp³-hybridized carbons (Fsp3) is 0.375. The first-order valence-corrected chi connectivity index (χ1v) is 33.9. The van der Waals surface area contributed by atoms with E-state index in [0.717, 1.165) is 11.8 Å². The summed E-state index contributed by atoms with van der Waals surface area (Å²) in [5, 5.41) is 5.66. The number of nitrogens with zero attached hydrogens (tertiary/aromatic N) is 2. The molecule has 1 heterocycles.